The largest absolute Gasteiger partial charge is 0.476 e. The molecule has 2 aliphatic rings. The number of hydrogen-bond donors (Lipinski definition) is 1. The molecule has 1 N–H and O–H groups in total. The van der Waals surface area contributed by atoms with Gasteiger partial charge in [-0.15, -0.1) is 0 Å². The third kappa shape index (κ3) is 4.44. The molecule has 1 aromatic carbocycles. The Balaban J connectivity index is 1.10. The van der Waals surface area contributed by atoms with Gasteiger partial charge in [0.2, 0.25) is 11.8 Å². The van der Waals surface area contributed by atoms with Crippen LogP contribution in [0.4, 0.5) is 0 Å². The molecule has 2 amide bonds. The first-order valence-corrected chi connectivity index (χ1v) is 11.2. The Morgan fingerprint density at radius 1 is 1.16 bits per heavy atom. The molecule has 2 aromatic heterocycles. The molecule has 166 valence electrons. The van der Waals surface area contributed by atoms with Gasteiger partial charge in [0.25, 0.3) is 5.91 Å². The van der Waals surface area contributed by atoms with E-state index in [9.17, 15) is 9.59 Å². The quantitative estimate of drug-likeness (QED) is 0.645. The molecule has 3 aromatic rings. The van der Waals surface area contributed by atoms with Gasteiger partial charge in [-0.2, -0.15) is 0 Å². The second-order valence-corrected chi connectivity index (χ2v) is 8.74. The SMILES string of the molecule is O=C1CC(COc2cnccn2)CN1CC1CCN(C(=O)c2ccc3cc[nH]c3c2)CC1. The summed E-state index contributed by atoms with van der Waals surface area (Å²) in [6.45, 7) is 3.41. The summed E-state index contributed by atoms with van der Waals surface area (Å²) in [5, 5.41) is 1.11. The highest BCUT2D eigenvalue weighted by Gasteiger charge is 2.33. The minimum absolute atomic E-state index is 0.0819. The van der Waals surface area contributed by atoms with Crippen LogP contribution in [0.1, 0.15) is 29.6 Å². The Kier molecular flexibility index (Phi) is 5.75. The lowest BCUT2D eigenvalue weighted by molar-refractivity contribution is -0.128. The minimum Gasteiger partial charge on any atom is -0.476 e. The third-order valence-corrected chi connectivity index (χ3v) is 6.48. The number of fused-ring (bicyclic) bond motifs is 1. The summed E-state index contributed by atoms with van der Waals surface area (Å²) >= 11 is 0. The second-order valence-electron chi connectivity index (χ2n) is 8.74. The summed E-state index contributed by atoms with van der Waals surface area (Å²) in [7, 11) is 0. The van der Waals surface area contributed by atoms with Gasteiger partial charge in [0.15, 0.2) is 0 Å². The number of piperidine rings is 1. The van der Waals surface area contributed by atoms with Gasteiger partial charge >= 0.3 is 0 Å². The lowest BCUT2D eigenvalue weighted by atomic mass is 9.95. The zero-order valence-corrected chi connectivity index (χ0v) is 17.9. The number of nitrogens with zero attached hydrogens (tertiary/aromatic N) is 4. The van der Waals surface area contributed by atoms with Crippen LogP contribution >= 0.6 is 0 Å². The average Bonchev–Trinajstić information content (AvgIpc) is 3.44. The molecule has 0 saturated carbocycles. The molecule has 0 radical (unpaired) electrons. The number of aromatic amines is 1. The molecule has 1 unspecified atom stereocenters. The van der Waals surface area contributed by atoms with Crippen LogP contribution in [0.5, 0.6) is 5.88 Å². The zero-order chi connectivity index (χ0) is 21.9. The molecule has 0 bridgehead atoms. The lowest BCUT2D eigenvalue weighted by Gasteiger charge is -2.34. The fourth-order valence-corrected chi connectivity index (χ4v) is 4.70. The van der Waals surface area contributed by atoms with Crippen molar-refractivity contribution in [3.05, 3.63) is 54.6 Å². The van der Waals surface area contributed by atoms with Crippen molar-refractivity contribution in [3.8, 4) is 5.88 Å². The van der Waals surface area contributed by atoms with E-state index < -0.39 is 0 Å². The van der Waals surface area contributed by atoms with Crippen LogP contribution in [0.3, 0.4) is 0 Å². The van der Waals surface area contributed by atoms with Crippen molar-refractivity contribution in [2.75, 3.05) is 32.8 Å². The number of amides is 2. The van der Waals surface area contributed by atoms with Crippen LogP contribution in [-0.2, 0) is 4.79 Å². The van der Waals surface area contributed by atoms with Gasteiger partial charge in [0.05, 0.1) is 12.8 Å². The van der Waals surface area contributed by atoms with Crippen molar-refractivity contribution in [2.45, 2.75) is 19.3 Å². The molecular formula is C24H27N5O3. The van der Waals surface area contributed by atoms with Crippen molar-refractivity contribution < 1.29 is 14.3 Å². The Bertz CT molecular complexity index is 1090. The monoisotopic (exact) mass is 433 g/mol. The van der Waals surface area contributed by atoms with Crippen molar-refractivity contribution in [3.63, 3.8) is 0 Å². The van der Waals surface area contributed by atoms with E-state index in [0.717, 1.165) is 48.9 Å². The van der Waals surface area contributed by atoms with Crippen molar-refractivity contribution >= 4 is 22.7 Å². The predicted octanol–water partition coefficient (Wildman–Crippen LogP) is 2.74. The van der Waals surface area contributed by atoms with E-state index in [0.29, 0.717) is 31.4 Å². The zero-order valence-electron chi connectivity index (χ0n) is 17.9. The molecule has 8 heteroatoms. The average molecular weight is 434 g/mol. The number of H-pyrrole nitrogens is 1. The summed E-state index contributed by atoms with van der Waals surface area (Å²) < 4.78 is 5.68. The standard InChI is InChI=1S/C24H27N5O3/c30-23-11-18(16-32-22-13-25-7-8-27-22)15-29(23)14-17-4-9-28(10-5-17)24(31)20-2-1-19-3-6-26-21(19)12-20/h1-3,6-8,12-13,17-18,26H,4-5,9-11,14-16H2. The van der Waals surface area contributed by atoms with Gasteiger partial charge < -0.3 is 19.5 Å². The number of likely N-dealkylation sites (tertiary alicyclic amines) is 2. The number of nitrogens with one attached hydrogen (secondary N) is 1. The molecule has 2 saturated heterocycles. The number of rotatable bonds is 6. The van der Waals surface area contributed by atoms with Gasteiger partial charge in [-0.05, 0) is 42.3 Å². The highest BCUT2D eigenvalue weighted by molar-refractivity contribution is 5.98. The van der Waals surface area contributed by atoms with Gasteiger partial charge in [-0.1, -0.05) is 6.07 Å². The summed E-state index contributed by atoms with van der Waals surface area (Å²) in [4.78, 5) is 40.6. The van der Waals surface area contributed by atoms with Gasteiger partial charge in [-0.25, -0.2) is 4.98 Å². The summed E-state index contributed by atoms with van der Waals surface area (Å²) in [6, 6.07) is 7.81. The van der Waals surface area contributed by atoms with Crippen molar-refractivity contribution in [1.29, 1.82) is 0 Å². The molecule has 0 aliphatic carbocycles. The molecule has 1 atom stereocenters. The summed E-state index contributed by atoms with van der Waals surface area (Å²) in [5.74, 6) is 1.36. The van der Waals surface area contributed by atoms with E-state index in [2.05, 4.69) is 15.0 Å². The first-order chi connectivity index (χ1) is 15.7. The van der Waals surface area contributed by atoms with Crippen LogP contribution in [-0.4, -0.2) is 69.4 Å². The fraction of sp³-hybridized carbons (Fsp3) is 0.417. The Labute approximate surface area is 186 Å². The van der Waals surface area contributed by atoms with Crippen LogP contribution in [0.15, 0.2) is 49.1 Å². The Hall–Kier alpha value is -3.42. The number of hydrogen-bond acceptors (Lipinski definition) is 5. The maximum Gasteiger partial charge on any atom is 0.253 e. The second kappa shape index (κ2) is 8.98. The molecular weight excluding hydrogens is 406 g/mol. The molecule has 8 nitrogen and oxygen atoms in total. The van der Waals surface area contributed by atoms with Gasteiger partial charge in [-0.3, -0.25) is 14.6 Å². The lowest BCUT2D eigenvalue weighted by Crippen LogP contribution is -2.42. The van der Waals surface area contributed by atoms with E-state index in [1.165, 1.54) is 0 Å². The molecule has 2 fully saturated rings. The molecule has 0 spiro atoms. The maximum atomic E-state index is 12.9. The van der Waals surface area contributed by atoms with Gasteiger partial charge in [0, 0.05) is 68.2 Å². The van der Waals surface area contributed by atoms with Crippen molar-refractivity contribution in [2.24, 2.45) is 11.8 Å². The molecule has 32 heavy (non-hydrogen) atoms. The van der Waals surface area contributed by atoms with Crippen LogP contribution < -0.4 is 4.74 Å². The molecule has 4 heterocycles. The first-order valence-electron chi connectivity index (χ1n) is 11.2. The van der Waals surface area contributed by atoms with E-state index in [1.54, 1.807) is 18.6 Å². The minimum atomic E-state index is 0.0819. The number of aromatic nitrogens is 3. The Morgan fingerprint density at radius 2 is 2.03 bits per heavy atom. The van der Waals surface area contributed by atoms with Crippen LogP contribution in [0.2, 0.25) is 0 Å². The predicted molar refractivity (Wildman–Crippen MR) is 119 cm³/mol. The summed E-state index contributed by atoms with van der Waals surface area (Å²) in [5.41, 5.74) is 1.70. The highest BCUT2D eigenvalue weighted by atomic mass is 16.5. The fourth-order valence-electron chi connectivity index (χ4n) is 4.70. The molecule has 2 aliphatic heterocycles. The number of benzene rings is 1. The van der Waals surface area contributed by atoms with E-state index in [4.69, 9.17) is 4.74 Å². The smallest absolute Gasteiger partial charge is 0.253 e. The van der Waals surface area contributed by atoms with E-state index in [-0.39, 0.29) is 17.7 Å². The number of ether oxygens (including phenoxy) is 1. The van der Waals surface area contributed by atoms with Crippen molar-refractivity contribution in [1.82, 2.24) is 24.8 Å². The van der Waals surface area contributed by atoms with Crippen LogP contribution in [0.25, 0.3) is 10.9 Å². The number of carbonyl (C=O) groups is 2. The highest BCUT2D eigenvalue weighted by Crippen LogP contribution is 2.25. The van der Waals surface area contributed by atoms with E-state index in [1.807, 2.05) is 40.3 Å². The topological polar surface area (TPSA) is 91.4 Å². The normalized spacial score (nSPS) is 19.6. The van der Waals surface area contributed by atoms with E-state index >= 15 is 0 Å². The Morgan fingerprint density at radius 3 is 2.84 bits per heavy atom. The third-order valence-electron chi connectivity index (χ3n) is 6.48. The maximum absolute atomic E-state index is 12.9. The molecule has 5 rings (SSSR count). The number of carbonyl (C=O) groups excluding carboxylic acids is 2. The van der Waals surface area contributed by atoms with Crippen LogP contribution in [0, 0.1) is 11.8 Å². The van der Waals surface area contributed by atoms with Gasteiger partial charge in [0.1, 0.15) is 0 Å². The first kappa shape index (κ1) is 20.5. The summed E-state index contributed by atoms with van der Waals surface area (Å²) in [6.07, 6.45) is 9.02.